The van der Waals surface area contributed by atoms with Gasteiger partial charge in [-0.2, -0.15) is 23.4 Å². The molecule has 2 amide bonds. The van der Waals surface area contributed by atoms with Crippen LogP contribution in [0.4, 0.5) is 38.1 Å². The minimum Gasteiger partial charge on any atom is -0.306 e. The molecule has 0 fully saturated rings. The van der Waals surface area contributed by atoms with Crippen LogP contribution in [0.5, 0.6) is 0 Å². The lowest BCUT2D eigenvalue weighted by atomic mass is 10.1. The second-order valence-electron chi connectivity index (χ2n) is 6.84. The molecule has 1 aliphatic rings. The van der Waals surface area contributed by atoms with E-state index < -0.39 is 30.7 Å². The maximum absolute atomic E-state index is 12.8. The highest BCUT2D eigenvalue weighted by atomic mass is 19.4. The summed E-state index contributed by atoms with van der Waals surface area (Å²) < 4.78 is 64.9. The number of carbonyl (C=O) groups excluding carboxylic acids is 1. The Morgan fingerprint density at radius 3 is 2.77 bits per heavy atom. The Bertz CT molecular complexity index is 1110. The van der Waals surface area contributed by atoms with E-state index in [-0.39, 0.29) is 29.5 Å². The van der Waals surface area contributed by atoms with Crippen LogP contribution in [0.2, 0.25) is 0 Å². The molecular formula is C17H14F5N7O. The molecule has 0 saturated heterocycles. The average molecular weight is 427 g/mol. The van der Waals surface area contributed by atoms with Crippen molar-refractivity contribution in [3.8, 4) is 0 Å². The Labute approximate surface area is 165 Å². The fourth-order valence-electron chi connectivity index (χ4n) is 3.35. The Morgan fingerprint density at radius 2 is 2.07 bits per heavy atom. The van der Waals surface area contributed by atoms with Gasteiger partial charge in [0, 0.05) is 18.5 Å². The molecule has 0 radical (unpaired) electrons. The number of nitrogens with zero attached hydrogens (tertiary/aromatic N) is 6. The number of anilines is 2. The first-order valence-electron chi connectivity index (χ1n) is 8.76. The molecule has 13 heteroatoms. The Balaban J connectivity index is 1.63. The first kappa shape index (κ1) is 19.9. The fraction of sp³-hybridized carbons (Fsp3) is 0.353. The molecule has 1 unspecified atom stereocenters. The minimum atomic E-state index is -4.41. The maximum Gasteiger partial charge on any atom is 0.394 e. The van der Waals surface area contributed by atoms with Crippen LogP contribution in [0.25, 0.3) is 5.65 Å². The summed E-state index contributed by atoms with van der Waals surface area (Å²) in [5, 5.41) is 13.2. The Hall–Kier alpha value is -3.38. The van der Waals surface area contributed by atoms with Crippen molar-refractivity contribution in [1.82, 2.24) is 24.8 Å². The van der Waals surface area contributed by atoms with Crippen LogP contribution in [0, 0.1) is 0 Å². The van der Waals surface area contributed by atoms with Gasteiger partial charge in [-0.3, -0.25) is 4.90 Å². The van der Waals surface area contributed by atoms with E-state index in [1.165, 1.54) is 21.7 Å². The van der Waals surface area contributed by atoms with Gasteiger partial charge in [0.25, 0.3) is 6.43 Å². The number of nitrogens with one attached hydrogen (secondary N) is 1. The Morgan fingerprint density at radius 1 is 1.30 bits per heavy atom. The van der Waals surface area contributed by atoms with Crippen molar-refractivity contribution < 1.29 is 26.7 Å². The predicted octanol–water partition coefficient (Wildman–Crippen LogP) is 3.72. The number of carbonyl (C=O) groups is 1. The number of urea groups is 1. The zero-order valence-corrected chi connectivity index (χ0v) is 15.4. The predicted molar refractivity (Wildman–Crippen MR) is 94.5 cm³/mol. The van der Waals surface area contributed by atoms with E-state index >= 15 is 0 Å². The molecule has 3 aromatic heterocycles. The fourth-order valence-corrected chi connectivity index (χ4v) is 3.35. The second-order valence-corrected chi connectivity index (χ2v) is 6.84. The summed E-state index contributed by atoms with van der Waals surface area (Å²) in [6.07, 6.45) is -5.94. The lowest BCUT2D eigenvalue weighted by Crippen LogP contribution is -2.34. The number of hydrogen-bond acceptors (Lipinski definition) is 5. The van der Waals surface area contributed by atoms with Crippen LogP contribution >= 0.6 is 0 Å². The zero-order chi connectivity index (χ0) is 21.6. The molecule has 4 heterocycles. The van der Waals surface area contributed by atoms with E-state index in [0.29, 0.717) is 11.4 Å². The molecule has 4 rings (SSSR count). The van der Waals surface area contributed by atoms with Gasteiger partial charge in [-0.05, 0) is 6.07 Å². The highest BCUT2D eigenvalue weighted by molar-refractivity contribution is 6.03. The number of halogens is 5. The average Bonchev–Trinajstić information content (AvgIpc) is 3.20. The van der Waals surface area contributed by atoms with Crippen molar-refractivity contribution in [3.63, 3.8) is 0 Å². The monoisotopic (exact) mass is 427 g/mol. The van der Waals surface area contributed by atoms with Gasteiger partial charge in [0.1, 0.15) is 5.69 Å². The summed E-state index contributed by atoms with van der Waals surface area (Å²) in [6, 6.07) is 1.63. The second kappa shape index (κ2) is 7.15. The molecular weight excluding hydrogens is 413 g/mol. The van der Waals surface area contributed by atoms with Crippen LogP contribution < -0.4 is 10.2 Å². The number of aromatic nitrogens is 5. The molecule has 1 aliphatic heterocycles. The molecule has 8 nitrogen and oxygen atoms in total. The van der Waals surface area contributed by atoms with Crippen molar-refractivity contribution in [2.45, 2.75) is 31.9 Å². The summed E-state index contributed by atoms with van der Waals surface area (Å²) in [7, 11) is 0. The van der Waals surface area contributed by atoms with E-state index in [0.717, 1.165) is 12.3 Å². The summed E-state index contributed by atoms with van der Waals surface area (Å²) in [5.41, 5.74) is 0.407. The quantitative estimate of drug-likeness (QED) is 0.644. The highest BCUT2D eigenvalue weighted by Gasteiger charge is 2.34. The molecule has 0 saturated carbocycles. The summed E-state index contributed by atoms with van der Waals surface area (Å²) in [6.45, 7) is 2.00. The van der Waals surface area contributed by atoms with Gasteiger partial charge in [-0.15, -0.1) is 5.10 Å². The third-order valence-corrected chi connectivity index (χ3v) is 4.54. The van der Waals surface area contributed by atoms with Gasteiger partial charge < -0.3 is 5.32 Å². The number of alkyl halides is 5. The molecule has 0 spiro atoms. The topological polar surface area (TPSA) is 88.3 Å². The Kier molecular flexibility index (Phi) is 4.74. The number of hydrogen-bond donors (Lipinski definition) is 1. The smallest absolute Gasteiger partial charge is 0.306 e. The number of rotatable bonds is 3. The molecule has 158 valence electrons. The lowest BCUT2D eigenvalue weighted by Gasteiger charge is -2.17. The van der Waals surface area contributed by atoms with Gasteiger partial charge in [0.2, 0.25) is 0 Å². The van der Waals surface area contributed by atoms with Crippen molar-refractivity contribution in [2.75, 3.05) is 16.8 Å². The van der Waals surface area contributed by atoms with Crippen molar-refractivity contribution in [1.29, 1.82) is 0 Å². The third-order valence-electron chi connectivity index (χ3n) is 4.54. The van der Waals surface area contributed by atoms with Crippen molar-refractivity contribution >= 4 is 23.1 Å². The zero-order valence-electron chi connectivity index (χ0n) is 15.4. The maximum atomic E-state index is 12.8. The SMILES string of the molecule is CC1CN(C(=O)Nc2cnnc(C(F)F)c2)c2cnc3cc(CC(F)(F)F)nn3c21. The largest absolute Gasteiger partial charge is 0.394 e. The van der Waals surface area contributed by atoms with E-state index in [2.05, 4.69) is 25.6 Å². The highest BCUT2D eigenvalue weighted by Crippen LogP contribution is 2.36. The van der Waals surface area contributed by atoms with Crippen LogP contribution in [0.1, 0.15) is 36.3 Å². The molecule has 1 atom stereocenters. The van der Waals surface area contributed by atoms with Gasteiger partial charge in [-0.1, -0.05) is 6.92 Å². The summed E-state index contributed by atoms with van der Waals surface area (Å²) in [4.78, 5) is 18.1. The van der Waals surface area contributed by atoms with Gasteiger partial charge in [-0.25, -0.2) is 23.1 Å². The first-order chi connectivity index (χ1) is 14.1. The molecule has 0 aliphatic carbocycles. The van der Waals surface area contributed by atoms with Gasteiger partial charge in [0.15, 0.2) is 5.65 Å². The van der Waals surface area contributed by atoms with Gasteiger partial charge >= 0.3 is 12.2 Å². The van der Waals surface area contributed by atoms with Crippen LogP contribution in [0.3, 0.4) is 0 Å². The van der Waals surface area contributed by atoms with Gasteiger partial charge in [0.05, 0.1) is 41.6 Å². The minimum absolute atomic E-state index is 0.0343. The molecule has 0 bridgehead atoms. The van der Waals surface area contributed by atoms with E-state index in [9.17, 15) is 26.7 Å². The first-order valence-corrected chi connectivity index (χ1v) is 8.76. The standard InChI is InChI=1S/C17H14F5N7O/c1-8-7-28(16(30)25-10-2-11(15(18)19)26-24-5-10)12-6-23-13-3-9(4-17(20,21)22)27-29(13)14(8)12/h2-3,5-6,8,15H,4,7H2,1H3,(H,25,26,30). The summed E-state index contributed by atoms with van der Waals surface area (Å²) >= 11 is 0. The number of amides is 2. The molecule has 1 N–H and O–H groups in total. The summed E-state index contributed by atoms with van der Waals surface area (Å²) in [5.74, 6) is -0.248. The van der Waals surface area contributed by atoms with E-state index in [1.807, 2.05) is 0 Å². The molecule has 30 heavy (non-hydrogen) atoms. The lowest BCUT2D eigenvalue weighted by molar-refractivity contribution is -0.127. The van der Waals surface area contributed by atoms with Crippen LogP contribution in [-0.2, 0) is 6.42 Å². The molecule has 3 aromatic rings. The van der Waals surface area contributed by atoms with E-state index in [4.69, 9.17) is 0 Å². The normalized spacial score (nSPS) is 16.4. The van der Waals surface area contributed by atoms with Crippen LogP contribution in [0.15, 0.2) is 24.5 Å². The van der Waals surface area contributed by atoms with Crippen LogP contribution in [-0.4, -0.2) is 43.5 Å². The van der Waals surface area contributed by atoms with Crippen molar-refractivity contribution in [3.05, 3.63) is 41.6 Å². The number of fused-ring (bicyclic) bond motifs is 3. The molecule has 0 aromatic carbocycles. The van der Waals surface area contributed by atoms with Crippen molar-refractivity contribution in [2.24, 2.45) is 0 Å². The third kappa shape index (κ3) is 3.74. The van der Waals surface area contributed by atoms with E-state index in [1.54, 1.807) is 6.92 Å².